The topological polar surface area (TPSA) is 98.5 Å². The number of thioether (sulfide) groups is 1. The number of imidazole rings is 1. The number of aliphatic hydroxyl groups excluding tert-OH is 1. The molecule has 1 amide bonds. The summed E-state index contributed by atoms with van der Waals surface area (Å²) in [5, 5.41) is 13.4. The van der Waals surface area contributed by atoms with Crippen LogP contribution in [-0.4, -0.2) is 37.4 Å². The minimum Gasteiger partial charge on any atom is -0.392 e. The maximum atomic E-state index is 12.5. The fraction of sp³-hybridized carbons (Fsp3) is 0.229. The zero-order valence-electron chi connectivity index (χ0n) is 24.4. The number of nitrogens with one attached hydrogen (secondary N) is 1. The molecule has 6 rings (SSSR count). The largest absolute Gasteiger partial charge is 0.392 e. The van der Waals surface area contributed by atoms with Crippen LogP contribution in [-0.2, 0) is 29.7 Å². The molecule has 1 aliphatic rings. The third kappa shape index (κ3) is 7.26. The van der Waals surface area contributed by atoms with Gasteiger partial charge in [-0.1, -0.05) is 72.4 Å². The number of benzene rings is 3. The van der Waals surface area contributed by atoms with Gasteiger partial charge in [0.05, 0.1) is 24.4 Å². The van der Waals surface area contributed by atoms with Crippen LogP contribution in [0.15, 0.2) is 115 Å². The summed E-state index contributed by atoms with van der Waals surface area (Å²) in [7, 11) is 1.99. The van der Waals surface area contributed by atoms with Crippen molar-refractivity contribution in [1.29, 1.82) is 0 Å². The van der Waals surface area contributed by atoms with Crippen molar-refractivity contribution in [1.82, 2.24) is 19.9 Å². The molecule has 1 aliphatic heterocycles. The highest BCUT2D eigenvalue weighted by molar-refractivity contribution is 7.99. The molecule has 8 nitrogen and oxygen atoms in total. The second-order valence-electron chi connectivity index (χ2n) is 10.7. The lowest BCUT2D eigenvalue weighted by molar-refractivity contribution is -0.245. The Hall–Kier alpha value is -4.28. The number of amides is 1. The van der Waals surface area contributed by atoms with Crippen molar-refractivity contribution in [2.24, 2.45) is 7.05 Å². The lowest BCUT2D eigenvalue weighted by Gasteiger charge is -2.36. The van der Waals surface area contributed by atoms with E-state index < -0.39 is 6.29 Å². The number of aromatic nitrogens is 3. The highest BCUT2D eigenvalue weighted by Crippen LogP contribution is 2.40. The zero-order valence-corrected chi connectivity index (χ0v) is 25.2. The average molecular weight is 607 g/mol. The van der Waals surface area contributed by atoms with Gasteiger partial charge in [-0.15, -0.1) is 0 Å². The molecule has 3 atom stereocenters. The van der Waals surface area contributed by atoms with E-state index in [1.54, 1.807) is 42.5 Å². The lowest BCUT2D eigenvalue weighted by atomic mass is 9.99. The zero-order chi connectivity index (χ0) is 30.3. The summed E-state index contributed by atoms with van der Waals surface area (Å²) in [5.41, 5.74) is 6.44. The van der Waals surface area contributed by atoms with Crippen LogP contribution in [0.5, 0.6) is 0 Å². The van der Waals surface area contributed by atoms with Crippen molar-refractivity contribution in [3.8, 4) is 11.1 Å². The van der Waals surface area contributed by atoms with Crippen LogP contribution in [0.1, 0.15) is 51.4 Å². The quantitative estimate of drug-likeness (QED) is 0.182. The molecule has 2 N–H and O–H groups in total. The van der Waals surface area contributed by atoms with Gasteiger partial charge in [0.15, 0.2) is 11.4 Å². The molecule has 9 heteroatoms. The SMILES string of the molecule is Cn1ccnc1SCC1CC(c2ccc(CO)cc2)OC(c2cccc(-c3cccc(CNC(=O)c4cccnc4)c3)c2)O1. The molecule has 0 saturated carbocycles. The second-order valence-corrected chi connectivity index (χ2v) is 11.7. The van der Waals surface area contributed by atoms with Gasteiger partial charge in [-0.25, -0.2) is 4.98 Å². The Morgan fingerprint density at radius 3 is 2.52 bits per heavy atom. The molecule has 1 saturated heterocycles. The third-order valence-corrected chi connectivity index (χ3v) is 8.78. The number of ether oxygens (including phenoxy) is 2. The van der Waals surface area contributed by atoms with Crippen molar-refractivity contribution in [2.75, 3.05) is 5.75 Å². The molecule has 5 aromatic rings. The first-order chi connectivity index (χ1) is 21.6. The molecule has 3 unspecified atom stereocenters. The van der Waals surface area contributed by atoms with Crippen LogP contribution in [0.3, 0.4) is 0 Å². The van der Waals surface area contributed by atoms with Gasteiger partial charge in [-0.2, -0.15) is 0 Å². The Labute approximate surface area is 261 Å². The van der Waals surface area contributed by atoms with E-state index in [2.05, 4.69) is 39.6 Å². The average Bonchev–Trinajstić information content (AvgIpc) is 3.51. The van der Waals surface area contributed by atoms with Gasteiger partial charge >= 0.3 is 0 Å². The predicted molar refractivity (Wildman–Crippen MR) is 170 cm³/mol. The summed E-state index contributed by atoms with van der Waals surface area (Å²) in [4.78, 5) is 21.0. The van der Waals surface area contributed by atoms with Crippen LogP contribution >= 0.6 is 11.8 Å². The smallest absolute Gasteiger partial charge is 0.253 e. The molecule has 44 heavy (non-hydrogen) atoms. The molecule has 2 aromatic heterocycles. The summed E-state index contributed by atoms with van der Waals surface area (Å²) in [6.45, 7) is 0.410. The molecule has 0 aliphatic carbocycles. The van der Waals surface area contributed by atoms with E-state index in [-0.39, 0.29) is 24.7 Å². The van der Waals surface area contributed by atoms with Crippen molar-refractivity contribution < 1.29 is 19.4 Å². The fourth-order valence-electron chi connectivity index (χ4n) is 5.19. The van der Waals surface area contributed by atoms with Crippen LogP contribution in [0.25, 0.3) is 11.1 Å². The molecule has 0 spiro atoms. The number of aryl methyl sites for hydroxylation is 1. The molecular weight excluding hydrogens is 572 g/mol. The molecule has 0 radical (unpaired) electrons. The summed E-state index contributed by atoms with van der Waals surface area (Å²) in [6.07, 6.45) is 6.88. The Morgan fingerprint density at radius 2 is 1.77 bits per heavy atom. The van der Waals surface area contributed by atoms with Crippen molar-refractivity contribution >= 4 is 17.7 Å². The number of pyridine rings is 1. The van der Waals surface area contributed by atoms with Gasteiger partial charge < -0.3 is 24.5 Å². The first-order valence-corrected chi connectivity index (χ1v) is 15.5. The van der Waals surface area contributed by atoms with Gasteiger partial charge in [0.1, 0.15) is 0 Å². The first kappa shape index (κ1) is 29.8. The van der Waals surface area contributed by atoms with E-state index in [1.165, 1.54) is 0 Å². The molecule has 3 heterocycles. The van der Waals surface area contributed by atoms with E-state index in [0.29, 0.717) is 18.5 Å². The first-order valence-electron chi connectivity index (χ1n) is 14.5. The number of nitrogens with zero attached hydrogens (tertiary/aromatic N) is 3. The van der Waals surface area contributed by atoms with Crippen LogP contribution in [0.4, 0.5) is 0 Å². The highest BCUT2D eigenvalue weighted by atomic mass is 32.2. The third-order valence-electron chi connectivity index (χ3n) is 7.59. The van der Waals surface area contributed by atoms with Crippen LogP contribution in [0.2, 0.25) is 0 Å². The number of aliphatic hydroxyl groups is 1. The van der Waals surface area contributed by atoms with Crippen molar-refractivity contribution in [3.63, 3.8) is 0 Å². The molecule has 3 aromatic carbocycles. The van der Waals surface area contributed by atoms with E-state index >= 15 is 0 Å². The number of hydrogen-bond donors (Lipinski definition) is 2. The molecular formula is C35H34N4O4S. The monoisotopic (exact) mass is 606 g/mol. The summed E-state index contributed by atoms with van der Waals surface area (Å²) in [5.74, 6) is 0.580. The summed E-state index contributed by atoms with van der Waals surface area (Å²) < 4.78 is 15.1. The van der Waals surface area contributed by atoms with Crippen LogP contribution < -0.4 is 5.32 Å². The maximum absolute atomic E-state index is 12.5. The Bertz CT molecular complexity index is 1690. The molecule has 224 valence electrons. The molecule has 0 bridgehead atoms. The fourth-order valence-corrected chi connectivity index (χ4v) is 6.14. The van der Waals surface area contributed by atoms with Gasteiger partial charge in [0.2, 0.25) is 0 Å². The number of carbonyl (C=O) groups is 1. The van der Waals surface area contributed by atoms with Gasteiger partial charge in [-0.05, 0) is 52.1 Å². The minimum atomic E-state index is -0.555. The lowest BCUT2D eigenvalue weighted by Crippen LogP contribution is -2.31. The minimum absolute atomic E-state index is 0.00530. The van der Waals surface area contributed by atoms with E-state index in [1.807, 2.05) is 66.3 Å². The standard InChI is InChI=1S/C35H34N4O4S/c1-39-16-15-37-35(39)44-23-31-19-32(26-12-10-24(22-40)11-13-26)43-34(42-31)29-8-3-7-28(18-29)27-6-2-5-25(17-27)20-38-33(41)30-9-4-14-36-21-30/h2-18,21,31-32,34,40H,19-20,22-23H2,1H3,(H,38,41). The Kier molecular flexibility index (Phi) is 9.48. The second kappa shape index (κ2) is 14.0. The van der Waals surface area contributed by atoms with E-state index in [9.17, 15) is 9.90 Å². The number of hydrogen-bond acceptors (Lipinski definition) is 7. The van der Waals surface area contributed by atoms with E-state index in [4.69, 9.17) is 9.47 Å². The highest BCUT2D eigenvalue weighted by Gasteiger charge is 2.32. The summed E-state index contributed by atoms with van der Waals surface area (Å²) in [6, 6.07) is 27.8. The van der Waals surface area contributed by atoms with Crippen molar-refractivity contribution in [2.45, 2.75) is 43.2 Å². The van der Waals surface area contributed by atoms with Gasteiger partial charge in [0, 0.05) is 56.1 Å². The number of carbonyl (C=O) groups excluding carboxylic acids is 1. The maximum Gasteiger partial charge on any atom is 0.253 e. The van der Waals surface area contributed by atoms with Gasteiger partial charge in [0.25, 0.3) is 5.91 Å². The van der Waals surface area contributed by atoms with Gasteiger partial charge in [-0.3, -0.25) is 9.78 Å². The van der Waals surface area contributed by atoms with Crippen LogP contribution in [0, 0.1) is 0 Å². The number of rotatable bonds is 10. The predicted octanol–water partition coefficient (Wildman–Crippen LogP) is 6.24. The normalized spacial score (nSPS) is 18.2. The Balaban J connectivity index is 1.20. The molecule has 1 fully saturated rings. The summed E-state index contributed by atoms with van der Waals surface area (Å²) >= 11 is 1.67. The van der Waals surface area contributed by atoms with Crippen molar-refractivity contribution in [3.05, 3.63) is 138 Å². The Morgan fingerprint density at radius 1 is 0.955 bits per heavy atom. The van der Waals surface area contributed by atoms with E-state index in [0.717, 1.165) is 44.3 Å².